The van der Waals surface area contributed by atoms with E-state index in [-0.39, 0.29) is 5.95 Å². The first-order valence-electron chi connectivity index (χ1n) is 2.43. The second-order valence-corrected chi connectivity index (χ2v) is 1.51. The highest BCUT2D eigenvalue weighted by Crippen LogP contribution is 1.94. The molecule has 1 aromatic heterocycles. The Morgan fingerprint density at radius 3 is 2.44 bits per heavy atom. The molecular weight excluding hydrogens is 114 g/mol. The number of hydrogen-bond acceptors (Lipinski definition) is 3. The Balaban J connectivity index is 3.01. The van der Waals surface area contributed by atoms with Crippen molar-refractivity contribution in [3.05, 3.63) is 30.6 Å². The summed E-state index contributed by atoms with van der Waals surface area (Å²) >= 11 is 0. The zero-order chi connectivity index (χ0) is 6.69. The van der Waals surface area contributed by atoms with Gasteiger partial charge in [-0.25, -0.2) is 9.97 Å². The van der Waals surface area contributed by atoms with Crippen LogP contribution >= 0.6 is 0 Å². The Labute approximate surface area is 53.3 Å². The maximum absolute atomic E-state index is 5.21. The quantitative estimate of drug-likeness (QED) is 0.583. The average molecular weight is 120 g/mol. The van der Waals surface area contributed by atoms with E-state index in [2.05, 4.69) is 22.6 Å². The Morgan fingerprint density at radius 1 is 1.44 bits per heavy atom. The summed E-state index contributed by atoms with van der Waals surface area (Å²) in [6, 6.07) is 0. The fraction of sp³-hybridized carbons (Fsp3) is 0. The molecule has 0 unspecified atom stereocenters. The smallest absolute Gasteiger partial charge is 0.219 e. The molecule has 1 radical (unpaired) electrons. The Hall–Kier alpha value is -1.38. The van der Waals surface area contributed by atoms with Crippen LogP contribution in [0.15, 0.2) is 19.0 Å². The third-order valence-corrected chi connectivity index (χ3v) is 0.876. The van der Waals surface area contributed by atoms with E-state index in [9.17, 15) is 0 Å². The van der Waals surface area contributed by atoms with Gasteiger partial charge >= 0.3 is 0 Å². The number of nitrogens with zero attached hydrogens (tertiary/aromatic N) is 2. The highest BCUT2D eigenvalue weighted by Gasteiger charge is 1.86. The van der Waals surface area contributed by atoms with Crippen molar-refractivity contribution in [1.29, 1.82) is 0 Å². The van der Waals surface area contributed by atoms with Gasteiger partial charge in [-0.3, -0.25) is 0 Å². The zero-order valence-corrected chi connectivity index (χ0v) is 4.83. The molecule has 3 heteroatoms. The van der Waals surface area contributed by atoms with E-state index in [1.54, 1.807) is 12.4 Å². The molecule has 0 spiro atoms. The van der Waals surface area contributed by atoms with E-state index in [0.29, 0.717) is 0 Å². The standard InChI is InChI=1S/C6H6N3/c1-2-5-3-8-6(7)9-4-5/h3-4H,1H2,(H2,7,8,9). The van der Waals surface area contributed by atoms with Crippen molar-refractivity contribution in [2.75, 3.05) is 5.73 Å². The summed E-state index contributed by atoms with van der Waals surface area (Å²) in [5, 5.41) is 0. The van der Waals surface area contributed by atoms with Crippen LogP contribution in [0.5, 0.6) is 0 Å². The highest BCUT2D eigenvalue weighted by atomic mass is 15.0. The summed E-state index contributed by atoms with van der Waals surface area (Å²) in [7, 11) is 0. The van der Waals surface area contributed by atoms with Crippen molar-refractivity contribution in [2.45, 2.75) is 0 Å². The first-order chi connectivity index (χ1) is 4.33. The van der Waals surface area contributed by atoms with Crippen molar-refractivity contribution < 1.29 is 0 Å². The normalized spacial score (nSPS) is 8.89. The van der Waals surface area contributed by atoms with Gasteiger partial charge in [-0.2, -0.15) is 0 Å². The lowest BCUT2D eigenvalue weighted by molar-refractivity contribution is 1.16. The third kappa shape index (κ3) is 1.25. The van der Waals surface area contributed by atoms with Gasteiger partial charge in [0.25, 0.3) is 0 Å². The molecule has 1 rings (SSSR count). The van der Waals surface area contributed by atoms with Crippen LogP contribution in [0.3, 0.4) is 0 Å². The molecule has 45 valence electrons. The van der Waals surface area contributed by atoms with Gasteiger partial charge in [0.05, 0.1) is 0 Å². The van der Waals surface area contributed by atoms with E-state index in [0.717, 1.165) is 5.56 Å². The average Bonchev–Trinajstić information content (AvgIpc) is 1.90. The number of nitrogens with two attached hydrogens (primary N) is 1. The molecule has 0 aromatic carbocycles. The summed E-state index contributed by atoms with van der Waals surface area (Å²) in [6.45, 7) is 3.41. The third-order valence-electron chi connectivity index (χ3n) is 0.876. The molecule has 0 aliphatic heterocycles. The van der Waals surface area contributed by atoms with E-state index >= 15 is 0 Å². The van der Waals surface area contributed by atoms with Crippen molar-refractivity contribution in [2.24, 2.45) is 0 Å². The number of anilines is 1. The summed E-state index contributed by atoms with van der Waals surface area (Å²) in [5.74, 6) is 0.272. The van der Waals surface area contributed by atoms with Crippen LogP contribution in [-0.4, -0.2) is 9.97 Å². The number of nitrogen functional groups attached to an aromatic ring is 1. The first-order valence-corrected chi connectivity index (χ1v) is 2.43. The summed E-state index contributed by atoms with van der Waals surface area (Å²) in [4.78, 5) is 7.43. The molecule has 3 nitrogen and oxygen atoms in total. The maximum Gasteiger partial charge on any atom is 0.219 e. The number of hydrogen-bond donors (Lipinski definition) is 1. The van der Waals surface area contributed by atoms with Crippen LogP contribution in [-0.2, 0) is 0 Å². The van der Waals surface area contributed by atoms with Crippen molar-refractivity contribution in [3.63, 3.8) is 0 Å². The first kappa shape index (κ1) is 5.75. The van der Waals surface area contributed by atoms with E-state index in [1.807, 2.05) is 0 Å². The molecule has 0 bridgehead atoms. The molecule has 0 fully saturated rings. The van der Waals surface area contributed by atoms with Gasteiger partial charge in [0.15, 0.2) is 0 Å². The predicted molar refractivity (Wildman–Crippen MR) is 34.4 cm³/mol. The van der Waals surface area contributed by atoms with Crippen molar-refractivity contribution in [1.82, 2.24) is 9.97 Å². The van der Waals surface area contributed by atoms with Gasteiger partial charge in [0.1, 0.15) is 0 Å². The topological polar surface area (TPSA) is 51.8 Å². The van der Waals surface area contributed by atoms with E-state index < -0.39 is 0 Å². The second kappa shape index (κ2) is 2.26. The van der Waals surface area contributed by atoms with Crippen molar-refractivity contribution in [3.8, 4) is 0 Å². The minimum Gasteiger partial charge on any atom is -0.368 e. The lowest BCUT2D eigenvalue weighted by atomic mass is 10.3. The molecule has 0 aliphatic rings. The summed E-state index contributed by atoms with van der Waals surface area (Å²) in [5.41, 5.74) is 5.96. The van der Waals surface area contributed by atoms with Gasteiger partial charge in [-0.1, -0.05) is 6.58 Å². The van der Waals surface area contributed by atoms with Crippen LogP contribution in [0.1, 0.15) is 5.56 Å². The molecular formula is C6H6N3. The highest BCUT2D eigenvalue weighted by molar-refractivity contribution is 5.20. The van der Waals surface area contributed by atoms with E-state index in [4.69, 9.17) is 5.73 Å². The van der Waals surface area contributed by atoms with Crippen molar-refractivity contribution >= 4 is 5.95 Å². The molecule has 0 aliphatic carbocycles. The zero-order valence-electron chi connectivity index (χ0n) is 4.83. The van der Waals surface area contributed by atoms with Gasteiger partial charge in [0.2, 0.25) is 5.95 Å². The molecule has 9 heavy (non-hydrogen) atoms. The minimum absolute atomic E-state index is 0.272. The molecule has 0 saturated heterocycles. The number of rotatable bonds is 1. The SMILES string of the molecule is C=[C]c1cnc(N)nc1. The minimum atomic E-state index is 0.272. The summed E-state index contributed by atoms with van der Waals surface area (Å²) in [6.07, 6.45) is 5.75. The Morgan fingerprint density at radius 2 is 2.00 bits per heavy atom. The Bertz CT molecular complexity index is 202. The predicted octanol–water partition coefficient (Wildman–Crippen LogP) is 0.396. The monoisotopic (exact) mass is 120 g/mol. The molecule has 1 aromatic rings. The Kier molecular flexibility index (Phi) is 1.44. The maximum atomic E-state index is 5.21. The van der Waals surface area contributed by atoms with Gasteiger partial charge in [-0.15, -0.1) is 0 Å². The largest absolute Gasteiger partial charge is 0.368 e. The fourth-order valence-electron chi connectivity index (χ4n) is 0.429. The molecule has 0 amide bonds. The van der Waals surface area contributed by atoms with Gasteiger partial charge < -0.3 is 5.73 Å². The van der Waals surface area contributed by atoms with Gasteiger partial charge in [0, 0.05) is 18.0 Å². The fourth-order valence-corrected chi connectivity index (χ4v) is 0.429. The lowest BCUT2D eigenvalue weighted by Crippen LogP contribution is -1.93. The summed E-state index contributed by atoms with van der Waals surface area (Å²) < 4.78 is 0. The van der Waals surface area contributed by atoms with E-state index in [1.165, 1.54) is 0 Å². The molecule has 0 atom stereocenters. The van der Waals surface area contributed by atoms with Crippen LogP contribution in [0.2, 0.25) is 0 Å². The van der Waals surface area contributed by atoms with Crippen LogP contribution in [0, 0.1) is 6.08 Å². The van der Waals surface area contributed by atoms with Crippen LogP contribution in [0.4, 0.5) is 5.95 Å². The van der Waals surface area contributed by atoms with Gasteiger partial charge in [-0.05, 0) is 6.08 Å². The lowest BCUT2D eigenvalue weighted by Gasteiger charge is -1.89. The van der Waals surface area contributed by atoms with Crippen LogP contribution in [0.25, 0.3) is 0 Å². The molecule has 0 saturated carbocycles. The van der Waals surface area contributed by atoms with Crippen LogP contribution < -0.4 is 5.73 Å². The number of aromatic nitrogens is 2. The molecule has 2 N–H and O–H groups in total. The second-order valence-electron chi connectivity index (χ2n) is 1.51. The molecule has 1 heterocycles.